The van der Waals surface area contributed by atoms with Crippen LogP contribution in [0.25, 0.3) is 0 Å². The zero-order valence-corrected chi connectivity index (χ0v) is 11.3. The topological polar surface area (TPSA) is 17.8 Å². The Morgan fingerprint density at radius 1 is 1.18 bits per heavy atom. The number of nitrogens with zero attached hydrogens (tertiary/aromatic N) is 2. The van der Waals surface area contributed by atoms with Crippen LogP contribution in [0.3, 0.4) is 0 Å². The maximum absolute atomic E-state index is 6.30. The number of halogens is 1. The minimum Gasteiger partial charge on any atom is -0.330 e. The van der Waals surface area contributed by atoms with Crippen LogP contribution in [0.4, 0.5) is 0 Å². The third-order valence-corrected chi connectivity index (χ3v) is 4.69. The van der Waals surface area contributed by atoms with Crippen molar-refractivity contribution in [1.82, 2.24) is 9.55 Å². The SMILES string of the molecule is CC1CCc2c(Cl)nc(C3CCCCC3)n2C1. The molecule has 2 aliphatic rings. The molecule has 0 aromatic carbocycles. The third kappa shape index (κ3) is 2.12. The Morgan fingerprint density at radius 2 is 1.94 bits per heavy atom. The fourth-order valence-electron chi connectivity index (χ4n) is 3.38. The van der Waals surface area contributed by atoms with Gasteiger partial charge in [0.25, 0.3) is 0 Å². The first-order valence-electron chi connectivity index (χ1n) is 7.00. The van der Waals surface area contributed by atoms with Gasteiger partial charge in [0.05, 0.1) is 5.69 Å². The number of rotatable bonds is 1. The van der Waals surface area contributed by atoms with Gasteiger partial charge in [-0.1, -0.05) is 37.8 Å². The Bertz CT molecular complexity index is 405. The zero-order valence-electron chi connectivity index (χ0n) is 10.6. The quantitative estimate of drug-likeness (QED) is 0.734. The predicted octanol–water partition coefficient (Wildman–Crippen LogP) is 4.17. The van der Waals surface area contributed by atoms with E-state index in [0.29, 0.717) is 5.92 Å². The highest BCUT2D eigenvalue weighted by Gasteiger charge is 2.27. The van der Waals surface area contributed by atoms with Crippen molar-refractivity contribution in [1.29, 1.82) is 0 Å². The van der Waals surface area contributed by atoms with Crippen LogP contribution in [-0.4, -0.2) is 9.55 Å². The second kappa shape index (κ2) is 4.64. The van der Waals surface area contributed by atoms with Gasteiger partial charge in [0.2, 0.25) is 0 Å². The monoisotopic (exact) mass is 252 g/mol. The van der Waals surface area contributed by atoms with Gasteiger partial charge in [-0.25, -0.2) is 4.98 Å². The van der Waals surface area contributed by atoms with E-state index in [1.807, 2.05) is 0 Å². The molecule has 1 aliphatic carbocycles. The van der Waals surface area contributed by atoms with E-state index in [4.69, 9.17) is 11.6 Å². The molecule has 0 saturated heterocycles. The maximum atomic E-state index is 6.30. The highest BCUT2D eigenvalue weighted by atomic mass is 35.5. The molecule has 2 heterocycles. The lowest BCUT2D eigenvalue weighted by Crippen LogP contribution is -2.21. The van der Waals surface area contributed by atoms with Crippen molar-refractivity contribution in [2.24, 2.45) is 5.92 Å². The number of imidazole rings is 1. The molecule has 17 heavy (non-hydrogen) atoms. The molecule has 1 unspecified atom stereocenters. The van der Waals surface area contributed by atoms with Crippen LogP contribution in [0.5, 0.6) is 0 Å². The second-order valence-corrected chi connectivity index (χ2v) is 6.15. The summed E-state index contributed by atoms with van der Waals surface area (Å²) in [7, 11) is 0. The van der Waals surface area contributed by atoms with Gasteiger partial charge in [-0.2, -0.15) is 0 Å². The van der Waals surface area contributed by atoms with Crippen molar-refractivity contribution >= 4 is 11.6 Å². The van der Waals surface area contributed by atoms with Crippen LogP contribution in [-0.2, 0) is 13.0 Å². The Hall–Kier alpha value is -0.500. The highest BCUT2D eigenvalue weighted by molar-refractivity contribution is 6.30. The minimum atomic E-state index is 0.667. The molecule has 2 nitrogen and oxygen atoms in total. The molecule has 0 N–H and O–H groups in total. The molecule has 1 saturated carbocycles. The van der Waals surface area contributed by atoms with E-state index in [0.717, 1.165) is 24.0 Å². The van der Waals surface area contributed by atoms with Crippen LogP contribution in [0.15, 0.2) is 0 Å². The molecule has 0 spiro atoms. The van der Waals surface area contributed by atoms with Crippen LogP contribution in [0.2, 0.25) is 5.15 Å². The molecule has 1 aromatic heterocycles. The van der Waals surface area contributed by atoms with E-state index in [2.05, 4.69) is 16.5 Å². The average Bonchev–Trinajstić information content (AvgIpc) is 2.67. The van der Waals surface area contributed by atoms with E-state index in [1.165, 1.54) is 50.0 Å². The first-order chi connectivity index (χ1) is 8.25. The lowest BCUT2D eigenvalue weighted by atomic mass is 9.88. The average molecular weight is 253 g/mol. The first kappa shape index (κ1) is 11.6. The summed E-state index contributed by atoms with van der Waals surface area (Å²) < 4.78 is 2.44. The minimum absolute atomic E-state index is 0.667. The summed E-state index contributed by atoms with van der Waals surface area (Å²) >= 11 is 6.30. The molecule has 1 aromatic rings. The maximum Gasteiger partial charge on any atom is 0.150 e. The normalized spacial score (nSPS) is 25.9. The predicted molar refractivity (Wildman–Crippen MR) is 70.5 cm³/mol. The summed E-state index contributed by atoms with van der Waals surface area (Å²) in [5, 5.41) is 0.775. The van der Waals surface area contributed by atoms with Crippen LogP contribution < -0.4 is 0 Å². The van der Waals surface area contributed by atoms with E-state index in [-0.39, 0.29) is 0 Å². The fourth-order valence-corrected chi connectivity index (χ4v) is 3.66. The van der Waals surface area contributed by atoms with Crippen LogP contribution >= 0.6 is 11.6 Å². The van der Waals surface area contributed by atoms with Gasteiger partial charge in [0.1, 0.15) is 5.82 Å². The van der Waals surface area contributed by atoms with E-state index < -0.39 is 0 Å². The Morgan fingerprint density at radius 3 is 2.71 bits per heavy atom. The van der Waals surface area contributed by atoms with Crippen molar-refractivity contribution in [3.8, 4) is 0 Å². The van der Waals surface area contributed by atoms with E-state index >= 15 is 0 Å². The van der Waals surface area contributed by atoms with Gasteiger partial charge in [0.15, 0.2) is 5.15 Å². The van der Waals surface area contributed by atoms with E-state index in [1.54, 1.807) is 0 Å². The third-order valence-electron chi connectivity index (χ3n) is 4.39. The molecular weight excluding hydrogens is 232 g/mol. The molecule has 1 atom stereocenters. The van der Waals surface area contributed by atoms with E-state index in [9.17, 15) is 0 Å². The summed E-state index contributed by atoms with van der Waals surface area (Å²) in [5.41, 5.74) is 1.30. The zero-order chi connectivity index (χ0) is 11.8. The Labute approximate surface area is 108 Å². The number of hydrogen-bond donors (Lipinski definition) is 0. The summed E-state index contributed by atoms with van der Waals surface area (Å²) in [6.07, 6.45) is 9.10. The van der Waals surface area contributed by atoms with Crippen LogP contribution in [0, 0.1) is 5.92 Å². The van der Waals surface area contributed by atoms with Crippen LogP contribution in [0.1, 0.15) is 62.9 Å². The molecule has 0 bridgehead atoms. The molecule has 1 fully saturated rings. The van der Waals surface area contributed by atoms with Gasteiger partial charge in [-0.3, -0.25) is 0 Å². The summed E-state index contributed by atoms with van der Waals surface area (Å²) in [5.74, 6) is 2.73. The van der Waals surface area contributed by atoms with Gasteiger partial charge < -0.3 is 4.57 Å². The molecule has 0 radical (unpaired) electrons. The summed E-state index contributed by atoms with van der Waals surface area (Å²) in [4.78, 5) is 4.68. The smallest absolute Gasteiger partial charge is 0.150 e. The number of fused-ring (bicyclic) bond motifs is 1. The van der Waals surface area contributed by atoms with Crippen molar-refractivity contribution in [3.63, 3.8) is 0 Å². The molecule has 94 valence electrons. The number of hydrogen-bond acceptors (Lipinski definition) is 1. The molecule has 0 amide bonds. The largest absolute Gasteiger partial charge is 0.330 e. The fraction of sp³-hybridized carbons (Fsp3) is 0.786. The van der Waals surface area contributed by atoms with Crippen molar-refractivity contribution in [2.75, 3.05) is 0 Å². The molecular formula is C14H21ClN2. The molecule has 3 heteroatoms. The lowest BCUT2D eigenvalue weighted by molar-refractivity contribution is 0.361. The molecule has 1 aliphatic heterocycles. The Kier molecular flexibility index (Phi) is 3.16. The number of aromatic nitrogens is 2. The highest BCUT2D eigenvalue weighted by Crippen LogP contribution is 2.36. The molecule has 3 rings (SSSR count). The first-order valence-corrected chi connectivity index (χ1v) is 7.38. The van der Waals surface area contributed by atoms with Crippen molar-refractivity contribution in [3.05, 3.63) is 16.7 Å². The second-order valence-electron chi connectivity index (χ2n) is 5.80. The van der Waals surface area contributed by atoms with Crippen molar-refractivity contribution in [2.45, 2.75) is 64.3 Å². The summed E-state index contributed by atoms with van der Waals surface area (Å²) in [6, 6.07) is 0. The van der Waals surface area contributed by atoms with Gasteiger partial charge in [0, 0.05) is 12.5 Å². The van der Waals surface area contributed by atoms with Crippen molar-refractivity contribution < 1.29 is 0 Å². The van der Waals surface area contributed by atoms with Gasteiger partial charge >= 0.3 is 0 Å². The summed E-state index contributed by atoms with van der Waals surface area (Å²) in [6.45, 7) is 3.46. The Balaban J connectivity index is 1.93. The lowest BCUT2D eigenvalue weighted by Gasteiger charge is -2.27. The standard InChI is InChI=1S/C14H21ClN2/c1-10-7-8-12-13(15)16-14(17(12)9-10)11-5-3-2-4-6-11/h10-11H,2-9H2,1H3. The van der Waals surface area contributed by atoms with Gasteiger partial charge in [-0.05, 0) is 31.6 Å². The van der Waals surface area contributed by atoms with Gasteiger partial charge in [-0.15, -0.1) is 0 Å².